The summed E-state index contributed by atoms with van der Waals surface area (Å²) in [4.78, 5) is 0. The average Bonchev–Trinajstić information content (AvgIpc) is 2.69. The minimum atomic E-state index is 0.231. The summed E-state index contributed by atoms with van der Waals surface area (Å²) in [5, 5.41) is 8.78. The Balaban J connectivity index is 2.28. The zero-order valence-corrected chi connectivity index (χ0v) is 15.0. The van der Waals surface area contributed by atoms with E-state index in [4.69, 9.17) is 11.6 Å². The van der Waals surface area contributed by atoms with Crippen molar-refractivity contribution in [3.05, 3.63) is 50.7 Å². The van der Waals surface area contributed by atoms with Gasteiger partial charge < -0.3 is 5.32 Å². The lowest BCUT2D eigenvalue weighted by Gasteiger charge is -2.19. The Hall–Kier alpha value is -0.840. The van der Waals surface area contributed by atoms with E-state index in [0.717, 1.165) is 40.3 Å². The van der Waals surface area contributed by atoms with Crippen LogP contribution in [-0.2, 0) is 13.5 Å². The van der Waals surface area contributed by atoms with E-state index in [0.29, 0.717) is 0 Å². The average molecular weight is 371 g/mol. The number of aromatic nitrogens is 2. The third-order valence-corrected chi connectivity index (χ3v) is 4.54. The van der Waals surface area contributed by atoms with Gasteiger partial charge in [-0.05, 0) is 37.6 Å². The molecule has 1 atom stereocenters. The summed E-state index contributed by atoms with van der Waals surface area (Å²) >= 11 is 9.94. The number of hydrogen-bond donors (Lipinski definition) is 1. The minimum Gasteiger partial charge on any atom is -0.310 e. The van der Waals surface area contributed by atoms with E-state index in [1.165, 1.54) is 5.56 Å². The Morgan fingerprint density at radius 2 is 2.19 bits per heavy atom. The van der Waals surface area contributed by atoms with Crippen LogP contribution < -0.4 is 5.32 Å². The van der Waals surface area contributed by atoms with Gasteiger partial charge in [-0.2, -0.15) is 5.10 Å². The molecule has 0 aliphatic rings. The number of nitrogens with one attached hydrogen (secondary N) is 1. The first kappa shape index (κ1) is 16.5. The smallest absolute Gasteiger partial charge is 0.0847 e. The van der Waals surface area contributed by atoms with Gasteiger partial charge in [0.25, 0.3) is 0 Å². The molecule has 0 fully saturated rings. The molecule has 0 bridgehead atoms. The summed E-state index contributed by atoms with van der Waals surface area (Å²) in [6.07, 6.45) is 1.93. The van der Waals surface area contributed by atoms with Gasteiger partial charge in [-0.15, -0.1) is 0 Å². The first-order valence-electron chi connectivity index (χ1n) is 7.19. The molecule has 5 heteroatoms. The van der Waals surface area contributed by atoms with Crippen LogP contribution in [-0.4, -0.2) is 16.3 Å². The number of rotatable bonds is 6. The number of benzene rings is 1. The molecular weight excluding hydrogens is 350 g/mol. The maximum absolute atomic E-state index is 6.39. The van der Waals surface area contributed by atoms with Crippen molar-refractivity contribution >= 4 is 27.5 Å². The van der Waals surface area contributed by atoms with E-state index in [9.17, 15) is 0 Å². The van der Waals surface area contributed by atoms with Gasteiger partial charge in [0, 0.05) is 24.0 Å². The van der Waals surface area contributed by atoms with Crippen molar-refractivity contribution in [3.8, 4) is 0 Å². The Kier molecular flexibility index (Phi) is 5.85. The first-order chi connectivity index (χ1) is 10.0. The summed E-state index contributed by atoms with van der Waals surface area (Å²) < 4.78 is 2.98. The monoisotopic (exact) mass is 369 g/mol. The minimum absolute atomic E-state index is 0.231. The van der Waals surface area contributed by atoms with Crippen LogP contribution in [0, 0.1) is 6.92 Å². The van der Waals surface area contributed by atoms with Crippen LogP contribution in [0.1, 0.15) is 36.3 Å². The number of nitrogens with zero attached hydrogens (tertiary/aromatic N) is 2. The van der Waals surface area contributed by atoms with Crippen LogP contribution in [0.2, 0.25) is 5.02 Å². The van der Waals surface area contributed by atoms with Crippen molar-refractivity contribution in [1.82, 2.24) is 15.1 Å². The predicted octanol–water partition coefficient (Wildman–Crippen LogP) is 4.43. The molecule has 0 aliphatic carbocycles. The molecule has 0 spiro atoms. The molecule has 1 aromatic carbocycles. The van der Waals surface area contributed by atoms with Gasteiger partial charge in [0.2, 0.25) is 0 Å². The zero-order valence-electron chi connectivity index (χ0n) is 12.7. The SMILES string of the molecule is CCCNC(Cc1c(Cl)c(C)nn1C)c1cccc(Br)c1. The van der Waals surface area contributed by atoms with Gasteiger partial charge in [-0.1, -0.05) is 46.6 Å². The fourth-order valence-corrected chi connectivity index (χ4v) is 3.10. The highest BCUT2D eigenvalue weighted by Gasteiger charge is 2.18. The Labute approximate surface area is 139 Å². The Morgan fingerprint density at radius 3 is 2.76 bits per heavy atom. The third kappa shape index (κ3) is 4.09. The van der Waals surface area contributed by atoms with Crippen LogP contribution in [0.3, 0.4) is 0 Å². The van der Waals surface area contributed by atoms with E-state index in [2.05, 4.69) is 51.5 Å². The first-order valence-corrected chi connectivity index (χ1v) is 8.36. The Morgan fingerprint density at radius 1 is 1.43 bits per heavy atom. The number of aryl methyl sites for hydroxylation is 2. The molecule has 114 valence electrons. The second-order valence-corrected chi connectivity index (χ2v) is 6.53. The molecule has 1 unspecified atom stereocenters. The molecule has 1 aromatic heterocycles. The topological polar surface area (TPSA) is 29.9 Å². The van der Waals surface area contributed by atoms with E-state index < -0.39 is 0 Å². The van der Waals surface area contributed by atoms with Crippen molar-refractivity contribution in [1.29, 1.82) is 0 Å². The third-order valence-electron chi connectivity index (χ3n) is 3.55. The maximum Gasteiger partial charge on any atom is 0.0847 e. The summed E-state index contributed by atoms with van der Waals surface area (Å²) in [6, 6.07) is 8.65. The van der Waals surface area contributed by atoms with Crippen LogP contribution in [0.5, 0.6) is 0 Å². The van der Waals surface area contributed by atoms with Crippen molar-refractivity contribution < 1.29 is 0 Å². The second kappa shape index (κ2) is 7.43. The molecule has 0 radical (unpaired) electrons. The van der Waals surface area contributed by atoms with Crippen LogP contribution in [0.4, 0.5) is 0 Å². The van der Waals surface area contributed by atoms with Gasteiger partial charge >= 0.3 is 0 Å². The second-order valence-electron chi connectivity index (χ2n) is 5.24. The predicted molar refractivity (Wildman–Crippen MR) is 91.8 cm³/mol. The molecule has 3 nitrogen and oxygen atoms in total. The molecule has 2 aromatic rings. The highest BCUT2D eigenvalue weighted by molar-refractivity contribution is 9.10. The summed E-state index contributed by atoms with van der Waals surface area (Å²) in [5.41, 5.74) is 3.22. The summed E-state index contributed by atoms with van der Waals surface area (Å²) in [5.74, 6) is 0. The van der Waals surface area contributed by atoms with E-state index in [-0.39, 0.29) is 6.04 Å². The number of halogens is 2. The highest BCUT2D eigenvalue weighted by Crippen LogP contribution is 2.27. The molecule has 2 rings (SSSR count). The van der Waals surface area contributed by atoms with Crippen molar-refractivity contribution in [2.45, 2.75) is 32.7 Å². The van der Waals surface area contributed by atoms with Crippen molar-refractivity contribution in [2.24, 2.45) is 7.05 Å². The fourth-order valence-electron chi connectivity index (χ4n) is 2.44. The molecule has 0 saturated heterocycles. The van der Waals surface area contributed by atoms with Gasteiger partial charge in [-0.25, -0.2) is 0 Å². The van der Waals surface area contributed by atoms with Gasteiger partial charge in [-0.3, -0.25) is 4.68 Å². The van der Waals surface area contributed by atoms with Gasteiger partial charge in [0.1, 0.15) is 0 Å². The van der Waals surface area contributed by atoms with Crippen molar-refractivity contribution in [2.75, 3.05) is 6.54 Å². The molecule has 0 aliphatic heterocycles. The van der Waals surface area contributed by atoms with Crippen LogP contribution in [0.25, 0.3) is 0 Å². The summed E-state index contributed by atoms with van der Waals surface area (Å²) in [6.45, 7) is 5.09. The normalized spacial score (nSPS) is 12.6. The van der Waals surface area contributed by atoms with E-state index in [1.54, 1.807) is 0 Å². The molecule has 1 heterocycles. The summed E-state index contributed by atoms with van der Waals surface area (Å²) in [7, 11) is 1.95. The van der Waals surface area contributed by atoms with Crippen LogP contribution in [0.15, 0.2) is 28.7 Å². The Bertz CT molecular complexity index is 610. The fraction of sp³-hybridized carbons (Fsp3) is 0.438. The van der Waals surface area contributed by atoms with E-state index in [1.807, 2.05) is 24.7 Å². The van der Waals surface area contributed by atoms with Crippen molar-refractivity contribution in [3.63, 3.8) is 0 Å². The maximum atomic E-state index is 6.39. The lowest BCUT2D eigenvalue weighted by atomic mass is 10.0. The van der Waals surface area contributed by atoms with Gasteiger partial charge in [0.15, 0.2) is 0 Å². The molecule has 0 amide bonds. The molecule has 21 heavy (non-hydrogen) atoms. The van der Waals surface area contributed by atoms with Crippen LogP contribution >= 0.6 is 27.5 Å². The largest absolute Gasteiger partial charge is 0.310 e. The quantitative estimate of drug-likeness (QED) is 0.815. The zero-order chi connectivity index (χ0) is 15.4. The highest BCUT2D eigenvalue weighted by atomic mass is 79.9. The lowest BCUT2D eigenvalue weighted by molar-refractivity contribution is 0.512. The molecular formula is C16H21BrClN3. The van der Waals surface area contributed by atoms with E-state index >= 15 is 0 Å². The van der Waals surface area contributed by atoms with Gasteiger partial charge in [0.05, 0.1) is 16.4 Å². The number of hydrogen-bond acceptors (Lipinski definition) is 2. The molecule has 0 saturated carbocycles. The standard InChI is InChI=1S/C16H21BrClN3/c1-4-8-19-14(12-6-5-7-13(17)9-12)10-15-16(18)11(2)20-21(15)3/h5-7,9,14,19H,4,8,10H2,1-3H3. The lowest BCUT2D eigenvalue weighted by Crippen LogP contribution is -2.25. The molecule has 1 N–H and O–H groups in total.